The first-order valence-electron chi connectivity index (χ1n) is 14.1. The highest BCUT2D eigenvalue weighted by Gasteiger charge is 2.77. The molecule has 228 valence electrons. The van der Waals surface area contributed by atoms with Gasteiger partial charge in [0.25, 0.3) is 5.91 Å². The van der Waals surface area contributed by atoms with Gasteiger partial charge >= 0.3 is 5.97 Å². The minimum atomic E-state index is -1.30. The molecule has 3 saturated heterocycles. The maximum absolute atomic E-state index is 14.4. The van der Waals surface area contributed by atoms with Gasteiger partial charge in [-0.25, -0.2) is 0 Å². The molecule has 2 N–H and O–H groups in total. The van der Waals surface area contributed by atoms with Crippen molar-refractivity contribution < 1.29 is 33.8 Å². The highest BCUT2D eigenvalue weighted by atomic mass is 79.9. The fourth-order valence-corrected chi connectivity index (χ4v) is 7.49. The summed E-state index contributed by atoms with van der Waals surface area (Å²) in [4.78, 5) is 56.7. The number of alkyl halides is 1. The Bertz CT molecular complexity index is 1230. The van der Waals surface area contributed by atoms with Crippen molar-refractivity contribution in [3.63, 3.8) is 0 Å². The maximum Gasteiger partial charge on any atom is 0.312 e. The first kappa shape index (κ1) is 32.2. The van der Waals surface area contributed by atoms with E-state index < -0.39 is 53.5 Å². The third-order valence-electron chi connectivity index (χ3n) is 8.05. The Morgan fingerprint density at radius 2 is 2.07 bits per heavy atom. The fourth-order valence-electron chi connectivity index (χ4n) is 6.31. The molecule has 42 heavy (non-hydrogen) atoms. The van der Waals surface area contributed by atoms with Gasteiger partial charge in [-0.15, -0.1) is 13.2 Å². The molecule has 1 unspecified atom stereocenters. The van der Waals surface area contributed by atoms with Crippen molar-refractivity contribution in [3.05, 3.63) is 54.6 Å². The van der Waals surface area contributed by atoms with Crippen molar-refractivity contribution in [2.24, 2.45) is 11.8 Å². The lowest BCUT2D eigenvalue weighted by atomic mass is 9.70. The molecule has 12 heteroatoms. The summed E-state index contributed by atoms with van der Waals surface area (Å²) in [7, 11) is 0. The normalized spacial score (nSPS) is 28.2. The first-order valence-corrected chi connectivity index (χ1v) is 15.4. The van der Waals surface area contributed by atoms with Gasteiger partial charge < -0.3 is 29.7 Å². The number of amides is 3. The number of fused-ring (bicyclic) bond motifs is 1. The van der Waals surface area contributed by atoms with E-state index in [1.54, 1.807) is 43.3 Å². The lowest BCUT2D eigenvalue weighted by molar-refractivity contribution is -0.159. The van der Waals surface area contributed by atoms with Crippen molar-refractivity contribution in [2.45, 2.75) is 61.3 Å². The molecule has 0 aromatic heterocycles. The third kappa shape index (κ3) is 6.02. The SMILES string of the molecule is C=CCCC(=O)NC[C@@H](C)OC(=O)[C@H]1[C@@H]2O[C@@]3(CC2Br)[C@@H]1C(=O)N(CCCO)[C@@H]3C(=O)N(CC=C)c1ccccc1Cl. The average Bonchev–Trinajstić information content (AvgIpc) is 3.55. The third-order valence-corrected chi connectivity index (χ3v) is 9.22. The smallest absolute Gasteiger partial charge is 0.312 e. The van der Waals surface area contributed by atoms with Crippen LogP contribution in [0.25, 0.3) is 0 Å². The molecule has 3 aliphatic rings. The summed E-state index contributed by atoms with van der Waals surface area (Å²) in [6, 6.07) is 5.83. The minimum absolute atomic E-state index is 0.102. The van der Waals surface area contributed by atoms with Gasteiger partial charge in [-0.1, -0.05) is 51.8 Å². The highest BCUT2D eigenvalue weighted by Crippen LogP contribution is 2.60. The molecule has 0 aliphatic carbocycles. The number of nitrogens with one attached hydrogen (secondary N) is 1. The monoisotopic (exact) mass is 665 g/mol. The number of esters is 1. The van der Waals surface area contributed by atoms with E-state index >= 15 is 0 Å². The van der Waals surface area contributed by atoms with Crippen LogP contribution in [0.4, 0.5) is 5.69 Å². The summed E-state index contributed by atoms with van der Waals surface area (Å²) in [6.45, 7) is 9.21. The topological polar surface area (TPSA) is 125 Å². The molecule has 1 aromatic rings. The second-order valence-electron chi connectivity index (χ2n) is 10.8. The number of likely N-dealkylation sites (tertiary alicyclic amines) is 1. The van der Waals surface area contributed by atoms with Crippen LogP contribution in [0.2, 0.25) is 5.02 Å². The van der Waals surface area contributed by atoms with Crippen LogP contribution in [-0.2, 0) is 28.7 Å². The largest absolute Gasteiger partial charge is 0.460 e. The van der Waals surface area contributed by atoms with E-state index in [1.807, 2.05) is 0 Å². The minimum Gasteiger partial charge on any atom is -0.460 e. The van der Waals surface area contributed by atoms with E-state index in [-0.39, 0.29) is 49.8 Å². The number of aliphatic hydroxyl groups excluding tert-OH is 1. The second-order valence-corrected chi connectivity index (χ2v) is 12.4. The van der Waals surface area contributed by atoms with Crippen LogP contribution < -0.4 is 10.2 Å². The van der Waals surface area contributed by atoms with Crippen molar-refractivity contribution >= 4 is 56.9 Å². The van der Waals surface area contributed by atoms with Crippen LogP contribution in [0.1, 0.15) is 32.6 Å². The van der Waals surface area contributed by atoms with Gasteiger partial charge in [-0.05, 0) is 38.3 Å². The van der Waals surface area contributed by atoms with E-state index in [0.29, 0.717) is 23.6 Å². The molecule has 4 rings (SSSR count). The molecule has 1 spiro atoms. The number of allylic oxidation sites excluding steroid dienone is 1. The quantitative estimate of drug-likeness (QED) is 0.178. The van der Waals surface area contributed by atoms with Crippen molar-refractivity contribution in [3.8, 4) is 0 Å². The molecule has 2 bridgehead atoms. The fraction of sp³-hybridized carbons (Fsp3) is 0.533. The van der Waals surface area contributed by atoms with Gasteiger partial charge in [-0.2, -0.15) is 0 Å². The number of carbonyl (C=O) groups excluding carboxylic acids is 4. The van der Waals surface area contributed by atoms with Gasteiger partial charge in [0.2, 0.25) is 11.8 Å². The number of halogens is 2. The lowest BCUT2D eigenvalue weighted by Gasteiger charge is -2.37. The van der Waals surface area contributed by atoms with E-state index in [4.69, 9.17) is 21.1 Å². The van der Waals surface area contributed by atoms with E-state index in [9.17, 15) is 24.3 Å². The number of ether oxygens (including phenoxy) is 2. The molecule has 7 atom stereocenters. The Hall–Kier alpha value is -2.73. The number of nitrogens with zero attached hydrogens (tertiary/aromatic N) is 2. The van der Waals surface area contributed by atoms with Crippen LogP contribution in [0, 0.1) is 11.8 Å². The van der Waals surface area contributed by atoms with Crippen molar-refractivity contribution in [1.82, 2.24) is 10.2 Å². The van der Waals surface area contributed by atoms with Crippen molar-refractivity contribution in [2.75, 3.05) is 31.1 Å². The standard InChI is InChI=1S/C30H37BrClN3O7/c1-4-6-12-22(37)33-17-18(3)41-29(40)23-24-27(38)35(14-9-15-36)26(30(24)16-19(31)25(23)42-30)28(39)34(13-5-2)21-11-8-7-10-20(21)32/h4-5,7-8,10-11,18-19,23-26,36H,1-2,6,9,12-17H2,3H3,(H,33,37)/t18-,19?,23-,24+,25-,26-,30+/m1/s1. The summed E-state index contributed by atoms with van der Waals surface area (Å²) in [5.41, 5.74) is -0.837. The first-order chi connectivity index (χ1) is 20.1. The summed E-state index contributed by atoms with van der Waals surface area (Å²) in [5.74, 6) is -3.54. The molecule has 3 aliphatic heterocycles. The Balaban J connectivity index is 1.63. The Morgan fingerprint density at radius 3 is 2.74 bits per heavy atom. The van der Waals surface area contributed by atoms with Crippen molar-refractivity contribution in [1.29, 1.82) is 0 Å². The van der Waals surface area contributed by atoms with Crippen LogP contribution in [-0.4, -0.2) is 88.6 Å². The maximum atomic E-state index is 14.4. The Morgan fingerprint density at radius 1 is 1.33 bits per heavy atom. The molecule has 0 saturated carbocycles. The number of aliphatic hydroxyl groups is 1. The zero-order valence-corrected chi connectivity index (χ0v) is 25.9. The number of hydrogen-bond acceptors (Lipinski definition) is 7. The number of para-hydroxylation sites is 1. The van der Waals surface area contributed by atoms with Crippen LogP contribution in [0.15, 0.2) is 49.6 Å². The molecule has 3 heterocycles. The lowest BCUT2D eigenvalue weighted by Crippen LogP contribution is -2.57. The molecule has 10 nitrogen and oxygen atoms in total. The Labute approximate surface area is 259 Å². The molecule has 3 fully saturated rings. The summed E-state index contributed by atoms with van der Waals surface area (Å²) < 4.78 is 12.2. The van der Waals surface area contributed by atoms with Gasteiger partial charge in [0.15, 0.2) is 0 Å². The number of carbonyl (C=O) groups is 4. The van der Waals surface area contributed by atoms with E-state index in [1.165, 1.54) is 9.80 Å². The predicted molar refractivity (Wildman–Crippen MR) is 161 cm³/mol. The molecule has 0 radical (unpaired) electrons. The van der Waals surface area contributed by atoms with Gasteiger partial charge in [0.05, 0.1) is 35.2 Å². The zero-order chi connectivity index (χ0) is 30.6. The number of benzene rings is 1. The number of hydrogen-bond donors (Lipinski definition) is 2. The molecular formula is C30H37BrClN3O7. The predicted octanol–water partition coefficient (Wildman–Crippen LogP) is 3.00. The summed E-state index contributed by atoms with van der Waals surface area (Å²) in [6.07, 6.45) is 3.25. The molecule has 1 aromatic carbocycles. The molecule has 3 amide bonds. The second kappa shape index (κ2) is 13.7. The zero-order valence-electron chi connectivity index (χ0n) is 23.5. The van der Waals surface area contributed by atoms with Crippen LogP contribution in [0.3, 0.4) is 0 Å². The highest BCUT2D eigenvalue weighted by molar-refractivity contribution is 9.09. The van der Waals surface area contributed by atoms with E-state index in [0.717, 1.165) is 0 Å². The molecular weight excluding hydrogens is 630 g/mol. The average molecular weight is 667 g/mol. The van der Waals surface area contributed by atoms with Gasteiger partial charge in [0, 0.05) is 30.9 Å². The van der Waals surface area contributed by atoms with Crippen LogP contribution in [0.5, 0.6) is 0 Å². The Kier molecular flexibility index (Phi) is 10.5. The van der Waals surface area contributed by atoms with Gasteiger partial charge in [0.1, 0.15) is 17.7 Å². The van der Waals surface area contributed by atoms with Crippen LogP contribution >= 0.6 is 27.5 Å². The summed E-state index contributed by atoms with van der Waals surface area (Å²) >= 11 is 10.1. The number of rotatable bonds is 14. The van der Waals surface area contributed by atoms with E-state index in [2.05, 4.69) is 34.4 Å². The van der Waals surface area contributed by atoms with Gasteiger partial charge in [-0.3, -0.25) is 19.2 Å². The number of anilines is 1. The summed E-state index contributed by atoms with van der Waals surface area (Å²) in [5, 5.41) is 12.7.